The minimum atomic E-state index is 0.0223. The molecule has 0 saturated carbocycles. The van der Waals surface area contributed by atoms with E-state index in [1.54, 1.807) is 0 Å². The number of amides is 2. The second kappa shape index (κ2) is 10.6. The normalized spacial score (nSPS) is 11.1. The number of nitrogens with one attached hydrogen (secondary N) is 4. The van der Waals surface area contributed by atoms with Crippen LogP contribution in [-0.4, -0.2) is 31.8 Å². The van der Waals surface area contributed by atoms with Crippen LogP contribution < -0.4 is 10.6 Å². The van der Waals surface area contributed by atoms with Crippen LogP contribution in [0.4, 0.5) is 0 Å². The van der Waals surface area contributed by atoms with E-state index in [9.17, 15) is 9.59 Å². The first-order valence-electron chi connectivity index (χ1n) is 11.1. The first kappa shape index (κ1) is 21.5. The Labute approximate surface area is 186 Å². The van der Waals surface area contributed by atoms with E-state index in [2.05, 4.69) is 30.6 Å². The average molecular weight is 433 g/mol. The first-order chi connectivity index (χ1) is 15.7. The van der Waals surface area contributed by atoms with Crippen molar-refractivity contribution in [3.63, 3.8) is 0 Å². The average Bonchev–Trinajstić information content (AvgIpc) is 3.41. The molecule has 32 heavy (non-hydrogen) atoms. The number of aromatic amines is 2. The van der Waals surface area contributed by atoms with Crippen LogP contribution in [-0.2, 0) is 22.7 Å². The molecular formula is C24H28N6O2. The zero-order valence-electron chi connectivity index (χ0n) is 18.0. The van der Waals surface area contributed by atoms with Crippen molar-refractivity contribution >= 4 is 33.9 Å². The molecule has 4 N–H and O–H groups in total. The van der Waals surface area contributed by atoms with Gasteiger partial charge in [0, 0.05) is 12.8 Å². The fourth-order valence-corrected chi connectivity index (χ4v) is 3.64. The maximum absolute atomic E-state index is 12.0. The summed E-state index contributed by atoms with van der Waals surface area (Å²) in [6.07, 6.45) is 4.44. The highest BCUT2D eigenvalue weighted by Gasteiger charge is 2.07. The number of aromatic nitrogens is 4. The number of carbonyl (C=O) groups excluding carboxylic acids is 2. The second-order valence-corrected chi connectivity index (χ2v) is 7.87. The van der Waals surface area contributed by atoms with E-state index >= 15 is 0 Å². The Kier molecular flexibility index (Phi) is 7.12. The van der Waals surface area contributed by atoms with Crippen LogP contribution in [0.5, 0.6) is 0 Å². The lowest BCUT2D eigenvalue weighted by Crippen LogP contribution is -2.23. The third-order valence-electron chi connectivity index (χ3n) is 5.34. The van der Waals surface area contributed by atoms with Gasteiger partial charge in [-0.25, -0.2) is 9.97 Å². The molecule has 0 atom stereocenters. The molecule has 0 aliphatic rings. The van der Waals surface area contributed by atoms with Crippen molar-refractivity contribution in [2.75, 3.05) is 0 Å². The summed E-state index contributed by atoms with van der Waals surface area (Å²) < 4.78 is 0. The quantitative estimate of drug-likeness (QED) is 0.270. The van der Waals surface area contributed by atoms with Crippen LogP contribution >= 0.6 is 0 Å². The zero-order valence-corrected chi connectivity index (χ0v) is 18.0. The van der Waals surface area contributed by atoms with Gasteiger partial charge in [0.25, 0.3) is 0 Å². The molecule has 2 amide bonds. The lowest BCUT2D eigenvalue weighted by molar-refractivity contribution is -0.122. The maximum atomic E-state index is 12.0. The van der Waals surface area contributed by atoms with Crippen LogP contribution in [0.15, 0.2) is 48.5 Å². The topological polar surface area (TPSA) is 116 Å². The number of unbranched alkanes of at least 4 members (excludes halogenated alkanes) is 3. The van der Waals surface area contributed by atoms with Gasteiger partial charge in [0.15, 0.2) is 0 Å². The molecule has 0 aliphatic carbocycles. The Morgan fingerprint density at radius 3 is 1.53 bits per heavy atom. The van der Waals surface area contributed by atoms with E-state index in [-0.39, 0.29) is 11.8 Å². The molecule has 4 aromatic rings. The highest BCUT2D eigenvalue weighted by molar-refractivity contribution is 5.77. The number of benzene rings is 2. The number of H-pyrrole nitrogens is 2. The summed E-state index contributed by atoms with van der Waals surface area (Å²) >= 11 is 0. The number of hydrogen-bond donors (Lipinski definition) is 4. The lowest BCUT2D eigenvalue weighted by atomic mass is 10.1. The number of nitrogens with zero attached hydrogens (tertiary/aromatic N) is 2. The zero-order chi connectivity index (χ0) is 22.2. The Hall–Kier alpha value is -3.68. The molecule has 2 heterocycles. The van der Waals surface area contributed by atoms with Crippen molar-refractivity contribution in [3.8, 4) is 0 Å². The lowest BCUT2D eigenvalue weighted by Gasteiger charge is -2.05. The number of carbonyl (C=O) groups is 2. The summed E-state index contributed by atoms with van der Waals surface area (Å²) in [5.74, 6) is 1.56. The molecule has 0 spiro atoms. The van der Waals surface area contributed by atoms with Crippen LogP contribution in [0.3, 0.4) is 0 Å². The summed E-state index contributed by atoms with van der Waals surface area (Å²) in [6.45, 7) is 0.803. The van der Waals surface area contributed by atoms with Gasteiger partial charge >= 0.3 is 0 Å². The number of para-hydroxylation sites is 4. The van der Waals surface area contributed by atoms with Crippen LogP contribution in [0, 0.1) is 0 Å². The molecule has 0 aliphatic heterocycles. The van der Waals surface area contributed by atoms with Crippen molar-refractivity contribution in [3.05, 3.63) is 60.2 Å². The van der Waals surface area contributed by atoms with Crippen molar-refractivity contribution in [2.45, 2.75) is 51.6 Å². The van der Waals surface area contributed by atoms with Crippen molar-refractivity contribution in [1.82, 2.24) is 30.6 Å². The molecule has 2 aromatic carbocycles. The van der Waals surface area contributed by atoms with Gasteiger partial charge < -0.3 is 20.6 Å². The van der Waals surface area contributed by atoms with Crippen LogP contribution in [0.2, 0.25) is 0 Å². The number of rotatable bonds is 11. The van der Waals surface area contributed by atoms with E-state index in [4.69, 9.17) is 0 Å². The van der Waals surface area contributed by atoms with Crippen LogP contribution in [0.25, 0.3) is 22.1 Å². The Bertz CT molecular complexity index is 1040. The third kappa shape index (κ3) is 5.94. The predicted molar refractivity (Wildman–Crippen MR) is 124 cm³/mol. The van der Waals surface area contributed by atoms with E-state index in [0.29, 0.717) is 25.9 Å². The van der Waals surface area contributed by atoms with E-state index in [1.807, 2.05) is 48.5 Å². The highest BCUT2D eigenvalue weighted by Crippen LogP contribution is 2.11. The second-order valence-electron chi connectivity index (χ2n) is 7.87. The molecule has 0 radical (unpaired) electrons. The molecule has 0 fully saturated rings. The monoisotopic (exact) mass is 432 g/mol. The molecule has 2 aromatic heterocycles. The summed E-state index contributed by atoms with van der Waals surface area (Å²) in [6, 6.07) is 15.6. The fraction of sp³-hybridized carbons (Fsp3) is 0.333. The largest absolute Gasteiger partial charge is 0.349 e. The fourth-order valence-electron chi connectivity index (χ4n) is 3.64. The van der Waals surface area contributed by atoms with Gasteiger partial charge in [-0.2, -0.15) is 0 Å². The van der Waals surface area contributed by atoms with Gasteiger partial charge in [-0.3, -0.25) is 9.59 Å². The van der Waals surface area contributed by atoms with Gasteiger partial charge in [0.2, 0.25) is 11.8 Å². The van der Waals surface area contributed by atoms with Crippen molar-refractivity contribution in [2.24, 2.45) is 0 Å². The van der Waals surface area contributed by atoms with E-state index < -0.39 is 0 Å². The minimum Gasteiger partial charge on any atom is -0.349 e. The van der Waals surface area contributed by atoms with Gasteiger partial charge in [-0.05, 0) is 37.1 Å². The molecule has 4 rings (SSSR count). The third-order valence-corrected chi connectivity index (χ3v) is 5.34. The van der Waals surface area contributed by atoms with E-state index in [1.165, 1.54) is 0 Å². The van der Waals surface area contributed by atoms with E-state index in [0.717, 1.165) is 59.4 Å². The molecule has 8 nitrogen and oxygen atoms in total. The van der Waals surface area contributed by atoms with Crippen molar-refractivity contribution in [1.29, 1.82) is 0 Å². The molecule has 0 unspecified atom stereocenters. The summed E-state index contributed by atoms with van der Waals surface area (Å²) in [5.41, 5.74) is 3.74. The molecule has 0 saturated heterocycles. The molecular weight excluding hydrogens is 404 g/mol. The highest BCUT2D eigenvalue weighted by atomic mass is 16.2. The Balaban J connectivity index is 1.04. The number of fused-ring (bicyclic) bond motifs is 2. The molecule has 8 heteroatoms. The summed E-state index contributed by atoms with van der Waals surface area (Å²) in [4.78, 5) is 39.4. The predicted octanol–water partition coefficient (Wildman–Crippen LogP) is 3.71. The van der Waals surface area contributed by atoms with Crippen molar-refractivity contribution < 1.29 is 9.59 Å². The smallest absolute Gasteiger partial charge is 0.220 e. The Morgan fingerprint density at radius 1 is 0.656 bits per heavy atom. The minimum absolute atomic E-state index is 0.0223. The molecule has 166 valence electrons. The molecule has 0 bridgehead atoms. The number of imidazole rings is 2. The van der Waals surface area contributed by atoms with Gasteiger partial charge in [0.05, 0.1) is 35.2 Å². The van der Waals surface area contributed by atoms with Crippen LogP contribution in [0.1, 0.15) is 50.2 Å². The summed E-state index contributed by atoms with van der Waals surface area (Å²) in [5, 5.41) is 5.81. The standard InChI is InChI=1S/C24H28N6O2/c31-23(25-15-21-27-17-9-5-6-10-18(17)28-21)13-3-1-2-4-14-24(32)26-16-22-29-19-11-7-8-12-20(19)30-22/h5-12H,1-4,13-16H2,(H,25,31)(H,26,32)(H,27,28)(H,29,30). The van der Waals surface area contributed by atoms with Gasteiger partial charge in [-0.15, -0.1) is 0 Å². The Morgan fingerprint density at radius 2 is 1.09 bits per heavy atom. The first-order valence-corrected chi connectivity index (χ1v) is 11.1. The maximum Gasteiger partial charge on any atom is 0.220 e. The SMILES string of the molecule is O=C(CCCCCCC(=O)NCc1nc2ccccc2[nH]1)NCc1nc2ccccc2[nH]1. The van der Waals surface area contributed by atoms with Gasteiger partial charge in [-0.1, -0.05) is 37.1 Å². The summed E-state index contributed by atoms with van der Waals surface area (Å²) in [7, 11) is 0. The van der Waals surface area contributed by atoms with Gasteiger partial charge in [0.1, 0.15) is 11.6 Å². The number of hydrogen-bond acceptors (Lipinski definition) is 4.